The average molecular weight is 244 g/mol. The second-order valence-corrected chi connectivity index (χ2v) is 4.65. The molecule has 0 aliphatic heterocycles. The van der Waals surface area contributed by atoms with Gasteiger partial charge in [-0.1, -0.05) is 5.92 Å². The van der Waals surface area contributed by atoms with E-state index < -0.39 is 11.4 Å². The summed E-state index contributed by atoms with van der Waals surface area (Å²) in [5.74, 6) is 1.75. The van der Waals surface area contributed by atoms with E-state index in [2.05, 4.69) is 10.9 Å². The topological polar surface area (TPSA) is 59.1 Å². The first kappa shape index (κ1) is 12.3. The molecule has 0 fully saturated rings. The van der Waals surface area contributed by atoms with Gasteiger partial charge in [0.2, 0.25) is 0 Å². The van der Waals surface area contributed by atoms with Crippen LogP contribution < -0.4 is 5.73 Å². The summed E-state index contributed by atoms with van der Waals surface area (Å²) in [4.78, 5) is 4.20. The van der Waals surface area contributed by atoms with Crippen molar-refractivity contribution in [2.24, 2.45) is 0 Å². The van der Waals surface area contributed by atoms with E-state index in [-0.39, 0.29) is 5.56 Å². The van der Waals surface area contributed by atoms with Crippen LogP contribution in [-0.4, -0.2) is 10.1 Å². The normalized spacial score (nSPS) is 11.5. The second-order valence-electron chi connectivity index (χ2n) is 4.65. The first-order valence-electron chi connectivity index (χ1n) is 5.42. The summed E-state index contributed by atoms with van der Waals surface area (Å²) in [6.45, 7) is 3.15. The molecule has 0 saturated carbocycles. The van der Waals surface area contributed by atoms with Crippen molar-refractivity contribution in [2.45, 2.75) is 19.4 Å². The van der Waals surface area contributed by atoms with Gasteiger partial charge in [0.05, 0.1) is 22.5 Å². The Morgan fingerprint density at radius 3 is 2.61 bits per heavy atom. The van der Waals surface area contributed by atoms with Gasteiger partial charge in [0.1, 0.15) is 11.4 Å². The molecule has 3 nitrogen and oxygen atoms in total. The number of pyridine rings is 1. The molecule has 0 atom stereocenters. The summed E-state index contributed by atoms with van der Waals surface area (Å²) in [6.07, 6.45) is 5.20. The molecule has 0 spiro atoms. The molecule has 1 heterocycles. The van der Waals surface area contributed by atoms with Crippen LogP contribution in [0.25, 0.3) is 10.9 Å². The van der Waals surface area contributed by atoms with Crippen molar-refractivity contribution in [3.05, 3.63) is 35.3 Å². The van der Waals surface area contributed by atoms with Crippen molar-refractivity contribution < 1.29 is 9.50 Å². The molecule has 0 aliphatic rings. The molecule has 1 aromatic carbocycles. The van der Waals surface area contributed by atoms with Crippen molar-refractivity contribution in [1.82, 2.24) is 4.98 Å². The van der Waals surface area contributed by atoms with Crippen LogP contribution in [-0.2, 0) is 5.60 Å². The van der Waals surface area contributed by atoms with Gasteiger partial charge >= 0.3 is 0 Å². The van der Waals surface area contributed by atoms with Crippen molar-refractivity contribution >= 4 is 16.6 Å². The van der Waals surface area contributed by atoms with E-state index in [0.29, 0.717) is 22.3 Å². The van der Waals surface area contributed by atoms with Crippen LogP contribution in [0.5, 0.6) is 0 Å². The summed E-state index contributed by atoms with van der Waals surface area (Å²) in [5, 5.41) is 10.6. The van der Waals surface area contributed by atoms with Crippen LogP contribution in [0.2, 0.25) is 0 Å². The Morgan fingerprint density at radius 1 is 1.39 bits per heavy atom. The molecular weight excluding hydrogens is 231 g/mol. The first-order valence-corrected chi connectivity index (χ1v) is 5.42. The number of fused-ring (bicyclic) bond motifs is 1. The molecule has 3 N–H and O–H groups in total. The molecule has 0 amide bonds. The number of nitrogens with zero attached hydrogens (tertiary/aromatic N) is 1. The Labute approximate surface area is 104 Å². The maximum Gasteiger partial charge on any atom is 0.140 e. The lowest BCUT2D eigenvalue weighted by atomic mass is 10.0. The van der Waals surface area contributed by atoms with E-state index in [4.69, 9.17) is 12.2 Å². The standard InChI is InChI=1S/C14H13FN2O/c1-4-8-5-9-6-11(16)13(14(2,3)18)17-12(9)7-10(8)15/h1,5-7,18H,16H2,2-3H3. The van der Waals surface area contributed by atoms with Crippen LogP contribution >= 0.6 is 0 Å². The van der Waals surface area contributed by atoms with Gasteiger partial charge in [0, 0.05) is 11.5 Å². The number of benzene rings is 1. The van der Waals surface area contributed by atoms with Gasteiger partial charge in [-0.15, -0.1) is 6.42 Å². The maximum atomic E-state index is 13.6. The Morgan fingerprint density at radius 2 is 2.06 bits per heavy atom. The average Bonchev–Trinajstić information content (AvgIpc) is 2.26. The van der Waals surface area contributed by atoms with Crippen molar-refractivity contribution in [3.63, 3.8) is 0 Å². The number of hydrogen-bond acceptors (Lipinski definition) is 3. The number of nitrogen functional groups attached to an aromatic ring is 1. The molecule has 0 unspecified atom stereocenters. The fraction of sp³-hybridized carbons (Fsp3) is 0.214. The minimum Gasteiger partial charge on any atom is -0.397 e. The first-order chi connectivity index (χ1) is 8.32. The third kappa shape index (κ3) is 2.01. The number of halogens is 1. The highest BCUT2D eigenvalue weighted by atomic mass is 19.1. The summed E-state index contributed by atoms with van der Waals surface area (Å²) in [6, 6.07) is 4.40. The molecule has 2 aromatic rings. The summed E-state index contributed by atoms with van der Waals surface area (Å²) in [7, 11) is 0. The second kappa shape index (κ2) is 3.97. The van der Waals surface area contributed by atoms with E-state index in [1.807, 2.05) is 0 Å². The number of aliphatic hydroxyl groups is 1. The zero-order chi connectivity index (χ0) is 13.5. The Bertz CT molecular complexity index is 666. The van der Waals surface area contributed by atoms with Crippen LogP contribution in [0.4, 0.5) is 10.1 Å². The Kier molecular flexibility index (Phi) is 2.72. The van der Waals surface area contributed by atoms with E-state index in [9.17, 15) is 9.50 Å². The predicted molar refractivity (Wildman–Crippen MR) is 69.3 cm³/mol. The molecule has 0 saturated heterocycles. The van der Waals surface area contributed by atoms with Gasteiger partial charge in [-0.2, -0.15) is 0 Å². The lowest BCUT2D eigenvalue weighted by Gasteiger charge is -2.19. The fourth-order valence-corrected chi connectivity index (χ4v) is 1.81. The number of aromatic nitrogens is 1. The van der Waals surface area contributed by atoms with E-state index in [1.165, 1.54) is 12.1 Å². The highest BCUT2D eigenvalue weighted by Gasteiger charge is 2.21. The highest BCUT2D eigenvalue weighted by molar-refractivity contribution is 5.84. The highest BCUT2D eigenvalue weighted by Crippen LogP contribution is 2.28. The summed E-state index contributed by atoms with van der Waals surface area (Å²) in [5.41, 5.74) is 5.91. The van der Waals surface area contributed by atoms with Crippen molar-refractivity contribution in [2.75, 3.05) is 5.73 Å². The van der Waals surface area contributed by atoms with E-state index >= 15 is 0 Å². The predicted octanol–water partition coefficient (Wildman–Crippen LogP) is 2.16. The Hall–Kier alpha value is -2.12. The lowest BCUT2D eigenvalue weighted by molar-refractivity contribution is 0.0751. The van der Waals surface area contributed by atoms with Crippen molar-refractivity contribution in [1.29, 1.82) is 0 Å². The Balaban J connectivity index is 2.78. The molecule has 0 aliphatic carbocycles. The van der Waals surface area contributed by atoms with Gasteiger partial charge in [-0.3, -0.25) is 0 Å². The number of rotatable bonds is 1. The molecule has 92 valence electrons. The summed E-state index contributed by atoms with van der Waals surface area (Å²) < 4.78 is 13.6. The van der Waals surface area contributed by atoms with Gasteiger partial charge in [-0.25, -0.2) is 9.37 Å². The zero-order valence-electron chi connectivity index (χ0n) is 10.2. The van der Waals surface area contributed by atoms with Crippen LogP contribution in [0.15, 0.2) is 18.2 Å². The molecular formula is C14H13FN2O. The molecule has 4 heteroatoms. The van der Waals surface area contributed by atoms with Gasteiger partial charge < -0.3 is 10.8 Å². The molecule has 0 bridgehead atoms. The van der Waals surface area contributed by atoms with Gasteiger partial charge in [-0.05, 0) is 26.0 Å². The zero-order valence-corrected chi connectivity index (χ0v) is 10.2. The van der Waals surface area contributed by atoms with Crippen LogP contribution in [0.3, 0.4) is 0 Å². The number of nitrogens with two attached hydrogens (primary N) is 1. The molecule has 0 radical (unpaired) electrons. The fourth-order valence-electron chi connectivity index (χ4n) is 1.81. The SMILES string of the molecule is C#Cc1cc2cc(N)c(C(C)(C)O)nc2cc1F. The van der Waals surface area contributed by atoms with Crippen LogP contribution in [0, 0.1) is 18.2 Å². The number of anilines is 1. The molecule has 18 heavy (non-hydrogen) atoms. The smallest absolute Gasteiger partial charge is 0.140 e. The van der Waals surface area contributed by atoms with Gasteiger partial charge in [0.25, 0.3) is 0 Å². The third-order valence-electron chi connectivity index (χ3n) is 2.67. The van der Waals surface area contributed by atoms with Crippen LogP contribution in [0.1, 0.15) is 25.1 Å². The lowest BCUT2D eigenvalue weighted by Crippen LogP contribution is -2.19. The monoisotopic (exact) mass is 244 g/mol. The minimum absolute atomic E-state index is 0.166. The molecule has 1 aromatic heterocycles. The van der Waals surface area contributed by atoms with E-state index in [0.717, 1.165) is 0 Å². The number of hydrogen-bond donors (Lipinski definition) is 2. The van der Waals surface area contributed by atoms with E-state index in [1.54, 1.807) is 19.9 Å². The largest absolute Gasteiger partial charge is 0.397 e. The van der Waals surface area contributed by atoms with Gasteiger partial charge in [0.15, 0.2) is 0 Å². The maximum absolute atomic E-state index is 13.6. The minimum atomic E-state index is -1.18. The summed E-state index contributed by atoms with van der Waals surface area (Å²) >= 11 is 0. The number of terminal acetylenes is 1. The third-order valence-corrected chi connectivity index (χ3v) is 2.67. The quantitative estimate of drug-likeness (QED) is 0.756. The molecule has 2 rings (SSSR count). The van der Waals surface area contributed by atoms with Crippen molar-refractivity contribution in [3.8, 4) is 12.3 Å².